The van der Waals surface area contributed by atoms with Crippen molar-refractivity contribution in [3.63, 3.8) is 0 Å². The van der Waals surface area contributed by atoms with Gasteiger partial charge in [0.15, 0.2) is 11.5 Å². The summed E-state index contributed by atoms with van der Waals surface area (Å²) in [6.07, 6.45) is -0.269. The first-order valence-electron chi connectivity index (χ1n) is 7.80. The number of phenols is 1. The molecule has 2 N–H and O–H groups in total. The van der Waals surface area contributed by atoms with Crippen LogP contribution in [0.2, 0.25) is 0 Å². The highest BCUT2D eigenvalue weighted by Gasteiger charge is 2.34. The van der Waals surface area contributed by atoms with Crippen LogP contribution in [0.15, 0.2) is 18.2 Å². The number of nitrogens with one attached hydrogen (secondary N) is 1. The van der Waals surface area contributed by atoms with Gasteiger partial charge >= 0.3 is 6.09 Å². The summed E-state index contributed by atoms with van der Waals surface area (Å²) in [7, 11) is 1.53. The summed E-state index contributed by atoms with van der Waals surface area (Å²) < 4.78 is 10.5. The number of amides is 1. The molecule has 1 saturated heterocycles. The van der Waals surface area contributed by atoms with Crippen LogP contribution in [0.25, 0.3) is 0 Å². The van der Waals surface area contributed by atoms with Crippen LogP contribution in [0.3, 0.4) is 0 Å². The van der Waals surface area contributed by atoms with Crippen molar-refractivity contribution in [3.8, 4) is 11.5 Å². The molecule has 0 aromatic heterocycles. The lowest BCUT2D eigenvalue weighted by atomic mass is 10.0. The van der Waals surface area contributed by atoms with E-state index in [-0.39, 0.29) is 23.9 Å². The van der Waals surface area contributed by atoms with Crippen molar-refractivity contribution in [2.24, 2.45) is 0 Å². The Hall–Kier alpha value is -1.95. The van der Waals surface area contributed by atoms with Gasteiger partial charge in [-0.05, 0) is 45.4 Å². The van der Waals surface area contributed by atoms with Gasteiger partial charge in [0.1, 0.15) is 5.60 Å². The van der Waals surface area contributed by atoms with E-state index < -0.39 is 5.60 Å². The molecule has 0 bridgehead atoms. The molecule has 0 radical (unpaired) electrons. The van der Waals surface area contributed by atoms with Gasteiger partial charge in [-0.2, -0.15) is 0 Å². The van der Waals surface area contributed by atoms with Gasteiger partial charge < -0.3 is 24.8 Å². The third-order valence-electron chi connectivity index (χ3n) is 3.72. The molecule has 1 amide bonds. The third kappa shape index (κ3) is 4.51. The van der Waals surface area contributed by atoms with Crippen LogP contribution in [0.4, 0.5) is 4.79 Å². The molecule has 1 unspecified atom stereocenters. The lowest BCUT2D eigenvalue weighted by Gasteiger charge is -2.41. The fourth-order valence-corrected chi connectivity index (χ4v) is 2.47. The number of carbonyl (C=O) groups is 1. The summed E-state index contributed by atoms with van der Waals surface area (Å²) in [5.41, 5.74) is 0.557. The summed E-state index contributed by atoms with van der Waals surface area (Å²) in [4.78, 5) is 13.6. The van der Waals surface area contributed by atoms with Crippen molar-refractivity contribution in [2.75, 3.05) is 20.2 Å². The number of ether oxygens (including phenoxy) is 2. The second-order valence-electron chi connectivity index (χ2n) is 6.90. The Labute approximate surface area is 137 Å². The summed E-state index contributed by atoms with van der Waals surface area (Å²) in [5, 5.41) is 13.1. The molecule has 1 aromatic rings. The van der Waals surface area contributed by atoms with Crippen molar-refractivity contribution < 1.29 is 19.4 Å². The van der Waals surface area contributed by atoms with Crippen LogP contribution in [-0.4, -0.2) is 47.9 Å². The van der Waals surface area contributed by atoms with E-state index in [4.69, 9.17) is 9.47 Å². The predicted octanol–water partition coefficient (Wildman–Crippen LogP) is 2.67. The minimum atomic E-state index is -0.467. The highest BCUT2D eigenvalue weighted by atomic mass is 16.6. The van der Waals surface area contributed by atoms with Crippen molar-refractivity contribution >= 4 is 6.09 Å². The number of methoxy groups -OCH3 is 1. The minimum absolute atomic E-state index is 0.0929. The van der Waals surface area contributed by atoms with Crippen molar-refractivity contribution in [1.29, 1.82) is 0 Å². The van der Waals surface area contributed by atoms with Gasteiger partial charge in [-0.25, -0.2) is 4.79 Å². The Morgan fingerprint density at radius 3 is 2.61 bits per heavy atom. The maximum atomic E-state index is 11.9. The fraction of sp³-hybridized carbons (Fsp3) is 0.588. The molecule has 1 aliphatic heterocycles. The van der Waals surface area contributed by atoms with E-state index >= 15 is 0 Å². The van der Waals surface area contributed by atoms with E-state index in [9.17, 15) is 9.90 Å². The number of nitrogens with zero attached hydrogens (tertiary/aromatic N) is 1. The molecular formula is C17H26N2O4. The second-order valence-corrected chi connectivity index (χ2v) is 6.90. The molecule has 1 aliphatic rings. The number of benzene rings is 1. The Kier molecular flexibility index (Phi) is 5.04. The summed E-state index contributed by atoms with van der Waals surface area (Å²) in [6, 6.07) is 5.63. The Morgan fingerprint density at radius 2 is 2.04 bits per heavy atom. The van der Waals surface area contributed by atoms with Gasteiger partial charge in [-0.15, -0.1) is 0 Å². The highest BCUT2D eigenvalue weighted by Crippen LogP contribution is 2.29. The standard InChI is InChI=1S/C17H26N2O4/c1-11(12-6-7-14(20)15(8-12)22-5)18-13-9-19(10-13)16(21)23-17(2,3)4/h6-8,11,13,18,20H,9-10H2,1-5H3. The highest BCUT2D eigenvalue weighted by molar-refractivity contribution is 5.69. The van der Waals surface area contributed by atoms with E-state index in [1.165, 1.54) is 7.11 Å². The second kappa shape index (κ2) is 6.66. The Morgan fingerprint density at radius 1 is 1.39 bits per heavy atom. The number of hydrogen-bond donors (Lipinski definition) is 2. The molecular weight excluding hydrogens is 296 g/mol. The largest absolute Gasteiger partial charge is 0.504 e. The number of likely N-dealkylation sites (tertiary alicyclic amines) is 1. The maximum absolute atomic E-state index is 11.9. The first-order chi connectivity index (χ1) is 10.7. The number of phenolic OH excluding ortho intramolecular Hbond substituents is 1. The summed E-state index contributed by atoms with van der Waals surface area (Å²) >= 11 is 0. The molecule has 23 heavy (non-hydrogen) atoms. The molecule has 1 heterocycles. The number of aromatic hydroxyl groups is 1. The van der Waals surface area contributed by atoms with Crippen LogP contribution < -0.4 is 10.1 Å². The monoisotopic (exact) mass is 322 g/mol. The number of rotatable bonds is 4. The fourth-order valence-electron chi connectivity index (χ4n) is 2.47. The van der Waals surface area contributed by atoms with Crippen LogP contribution in [0.5, 0.6) is 11.5 Å². The number of carbonyl (C=O) groups excluding carboxylic acids is 1. The zero-order chi connectivity index (χ0) is 17.2. The molecule has 1 fully saturated rings. The summed E-state index contributed by atoms with van der Waals surface area (Å²) in [6.45, 7) is 8.90. The van der Waals surface area contributed by atoms with Crippen molar-refractivity contribution in [3.05, 3.63) is 23.8 Å². The molecule has 0 aliphatic carbocycles. The summed E-state index contributed by atoms with van der Waals surface area (Å²) in [5.74, 6) is 0.586. The molecule has 2 rings (SSSR count). The van der Waals surface area contributed by atoms with Crippen LogP contribution >= 0.6 is 0 Å². The SMILES string of the molecule is COc1cc(C(C)NC2CN(C(=O)OC(C)(C)C)C2)ccc1O. The van der Waals surface area contributed by atoms with Crippen molar-refractivity contribution in [1.82, 2.24) is 10.2 Å². The zero-order valence-electron chi connectivity index (χ0n) is 14.4. The smallest absolute Gasteiger partial charge is 0.410 e. The van der Waals surface area contributed by atoms with Crippen LogP contribution in [-0.2, 0) is 4.74 Å². The van der Waals surface area contributed by atoms with Gasteiger partial charge in [0.25, 0.3) is 0 Å². The van der Waals surface area contributed by atoms with E-state index in [0.29, 0.717) is 18.8 Å². The third-order valence-corrected chi connectivity index (χ3v) is 3.72. The lowest BCUT2D eigenvalue weighted by molar-refractivity contribution is 0.00434. The van der Waals surface area contributed by atoms with Crippen LogP contribution in [0.1, 0.15) is 39.3 Å². The van der Waals surface area contributed by atoms with Gasteiger partial charge in [-0.1, -0.05) is 6.07 Å². The molecule has 1 atom stereocenters. The normalized spacial score (nSPS) is 16.7. The molecule has 6 heteroatoms. The average molecular weight is 322 g/mol. The van der Waals surface area contributed by atoms with E-state index in [1.54, 1.807) is 11.0 Å². The van der Waals surface area contributed by atoms with E-state index in [2.05, 4.69) is 5.32 Å². The molecule has 6 nitrogen and oxygen atoms in total. The van der Waals surface area contributed by atoms with Gasteiger partial charge in [0.2, 0.25) is 0 Å². The Balaban J connectivity index is 1.84. The topological polar surface area (TPSA) is 71.0 Å². The quantitative estimate of drug-likeness (QED) is 0.892. The first-order valence-corrected chi connectivity index (χ1v) is 7.80. The van der Waals surface area contributed by atoms with Gasteiger partial charge in [0.05, 0.1) is 7.11 Å². The molecule has 0 saturated carbocycles. The van der Waals surface area contributed by atoms with Crippen LogP contribution in [0, 0.1) is 0 Å². The molecule has 0 spiro atoms. The van der Waals surface area contributed by atoms with E-state index in [1.807, 2.05) is 39.8 Å². The molecule has 1 aromatic carbocycles. The van der Waals surface area contributed by atoms with Crippen molar-refractivity contribution in [2.45, 2.75) is 45.4 Å². The van der Waals surface area contributed by atoms with Gasteiger partial charge in [0, 0.05) is 25.2 Å². The maximum Gasteiger partial charge on any atom is 0.410 e. The van der Waals surface area contributed by atoms with Gasteiger partial charge in [-0.3, -0.25) is 0 Å². The first kappa shape index (κ1) is 17.4. The molecule has 128 valence electrons. The van der Waals surface area contributed by atoms with E-state index in [0.717, 1.165) is 5.56 Å². The predicted molar refractivity (Wildman–Crippen MR) is 87.8 cm³/mol. The minimum Gasteiger partial charge on any atom is -0.504 e. The lowest BCUT2D eigenvalue weighted by Crippen LogP contribution is -2.60. The number of hydrogen-bond acceptors (Lipinski definition) is 5. The Bertz CT molecular complexity index is 562. The zero-order valence-corrected chi connectivity index (χ0v) is 14.4. The average Bonchev–Trinajstić information content (AvgIpc) is 2.40.